The van der Waals surface area contributed by atoms with Gasteiger partial charge in [0.2, 0.25) is 5.91 Å². The van der Waals surface area contributed by atoms with E-state index in [9.17, 15) is 9.59 Å². The van der Waals surface area contributed by atoms with E-state index in [1.807, 2.05) is 39.8 Å². The molecule has 0 spiro atoms. The highest BCUT2D eigenvalue weighted by molar-refractivity contribution is 7.16. The molecule has 0 aliphatic rings. The number of amides is 1. The first-order valence-electron chi connectivity index (χ1n) is 9.65. The molecule has 1 heterocycles. The van der Waals surface area contributed by atoms with Crippen molar-refractivity contribution >= 4 is 34.3 Å². The van der Waals surface area contributed by atoms with Gasteiger partial charge in [0, 0.05) is 11.0 Å². The number of aryl methyl sites for hydroxylation is 1. The zero-order valence-electron chi connectivity index (χ0n) is 17.5. The number of anilines is 1. The first-order valence-corrected chi connectivity index (χ1v) is 10.5. The van der Waals surface area contributed by atoms with Crippen LogP contribution in [-0.2, 0) is 16.0 Å². The lowest BCUT2D eigenvalue weighted by Crippen LogP contribution is -2.16. The summed E-state index contributed by atoms with van der Waals surface area (Å²) in [6.45, 7) is 11.9. The molecule has 150 valence electrons. The van der Waals surface area contributed by atoms with Gasteiger partial charge in [-0.1, -0.05) is 45.0 Å². The Bertz CT molecular complexity index is 861. The van der Waals surface area contributed by atoms with Crippen LogP contribution in [0.3, 0.4) is 0 Å². The fourth-order valence-corrected chi connectivity index (χ4v) is 4.03. The Morgan fingerprint density at radius 1 is 1.14 bits per heavy atom. The molecule has 2 rings (SSSR count). The number of rotatable bonds is 7. The van der Waals surface area contributed by atoms with Gasteiger partial charge in [0.25, 0.3) is 0 Å². The van der Waals surface area contributed by atoms with Crippen molar-refractivity contribution in [2.75, 3.05) is 5.32 Å². The Labute approximate surface area is 171 Å². The molecule has 2 aromatic rings. The van der Waals surface area contributed by atoms with E-state index in [2.05, 4.69) is 31.3 Å². The van der Waals surface area contributed by atoms with Crippen LogP contribution in [0.1, 0.15) is 72.5 Å². The zero-order chi connectivity index (χ0) is 20.8. The van der Waals surface area contributed by atoms with E-state index < -0.39 is 0 Å². The first-order chi connectivity index (χ1) is 13.2. The summed E-state index contributed by atoms with van der Waals surface area (Å²) in [5, 5.41) is 3.40. The minimum Gasteiger partial charge on any atom is -0.459 e. The fourth-order valence-electron chi connectivity index (χ4n) is 2.90. The molecule has 0 saturated heterocycles. The summed E-state index contributed by atoms with van der Waals surface area (Å²) in [6.07, 6.45) is 3.75. The van der Waals surface area contributed by atoms with Gasteiger partial charge < -0.3 is 10.1 Å². The van der Waals surface area contributed by atoms with Gasteiger partial charge in [-0.25, -0.2) is 4.79 Å². The summed E-state index contributed by atoms with van der Waals surface area (Å²) in [5.74, 6) is -0.185. The van der Waals surface area contributed by atoms with E-state index >= 15 is 0 Å². The highest BCUT2D eigenvalue weighted by Gasteiger charge is 2.23. The van der Waals surface area contributed by atoms with Crippen LogP contribution in [0.25, 0.3) is 6.08 Å². The maximum Gasteiger partial charge on any atom is 0.341 e. The molecule has 5 heteroatoms. The molecule has 0 aliphatic heterocycles. The van der Waals surface area contributed by atoms with Crippen molar-refractivity contribution in [3.63, 3.8) is 0 Å². The maximum absolute atomic E-state index is 12.5. The summed E-state index contributed by atoms with van der Waals surface area (Å²) in [4.78, 5) is 26.0. The van der Waals surface area contributed by atoms with Crippen LogP contribution in [0, 0.1) is 6.92 Å². The van der Waals surface area contributed by atoms with Gasteiger partial charge in [0.15, 0.2) is 0 Å². The maximum atomic E-state index is 12.5. The van der Waals surface area contributed by atoms with E-state index in [4.69, 9.17) is 4.74 Å². The summed E-state index contributed by atoms with van der Waals surface area (Å²) in [5.41, 5.74) is 3.62. The Hall–Kier alpha value is -2.40. The first kappa shape index (κ1) is 21.9. The summed E-state index contributed by atoms with van der Waals surface area (Å²) in [6, 6.07) is 8.13. The van der Waals surface area contributed by atoms with Crippen LogP contribution >= 0.6 is 11.3 Å². The normalized spacial score (nSPS) is 11.4. The van der Waals surface area contributed by atoms with Crippen molar-refractivity contribution in [1.82, 2.24) is 0 Å². The number of ether oxygens (including phenoxy) is 1. The molecule has 0 aliphatic carbocycles. The molecular weight excluding hydrogens is 370 g/mol. The minimum absolute atomic E-state index is 0.213. The standard InChI is InChI=1S/C23H29NO3S/c1-7-19-16(6)28-22(21(19)23(26)27-15(4)5)24-20(25)13-10-17-8-11-18(12-9-17)14(2)3/h8-15H,7H2,1-6H3,(H,24,25)/b13-10+. The van der Waals surface area contributed by atoms with E-state index in [-0.39, 0.29) is 18.0 Å². The molecule has 0 fully saturated rings. The third-order valence-electron chi connectivity index (χ3n) is 4.38. The predicted octanol–water partition coefficient (Wildman–Crippen LogP) is 5.96. The number of carbonyl (C=O) groups excluding carboxylic acids is 2. The predicted molar refractivity (Wildman–Crippen MR) is 117 cm³/mol. The average molecular weight is 400 g/mol. The van der Waals surface area contributed by atoms with Crippen LogP contribution < -0.4 is 5.32 Å². The molecule has 4 nitrogen and oxygen atoms in total. The largest absolute Gasteiger partial charge is 0.459 e. The lowest BCUT2D eigenvalue weighted by Gasteiger charge is -2.10. The number of nitrogens with one attached hydrogen (secondary N) is 1. The summed E-state index contributed by atoms with van der Waals surface area (Å²) >= 11 is 1.41. The number of hydrogen-bond donors (Lipinski definition) is 1. The smallest absolute Gasteiger partial charge is 0.341 e. The van der Waals surface area contributed by atoms with Crippen molar-refractivity contribution in [3.8, 4) is 0 Å². The van der Waals surface area contributed by atoms with E-state index in [0.29, 0.717) is 22.9 Å². The zero-order valence-corrected chi connectivity index (χ0v) is 18.3. The molecule has 0 bridgehead atoms. The average Bonchev–Trinajstić information content (AvgIpc) is 2.94. The van der Waals surface area contributed by atoms with Gasteiger partial charge in [-0.15, -0.1) is 11.3 Å². The highest BCUT2D eigenvalue weighted by Crippen LogP contribution is 2.34. The molecule has 0 saturated carbocycles. The number of benzene rings is 1. The Morgan fingerprint density at radius 2 is 1.79 bits per heavy atom. The van der Waals surface area contributed by atoms with Gasteiger partial charge in [0.1, 0.15) is 5.00 Å². The van der Waals surface area contributed by atoms with Crippen LogP contribution in [0.4, 0.5) is 5.00 Å². The minimum atomic E-state index is -0.389. The quantitative estimate of drug-likeness (QED) is 0.462. The number of thiophene rings is 1. The molecule has 1 N–H and O–H groups in total. The lowest BCUT2D eigenvalue weighted by molar-refractivity contribution is -0.111. The number of hydrogen-bond acceptors (Lipinski definition) is 4. The topological polar surface area (TPSA) is 55.4 Å². The Kier molecular flexibility index (Phi) is 7.58. The van der Waals surface area contributed by atoms with Crippen LogP contribution in [0.5, 0.6) is 0 Å². The van der Waals surface area contributed by atoms with Crippen LogP contribution in [0.15, 0.2) is 30.3 Å². The lowest BCUT2D eigenvalue weighted by atomic mass is 10.0. The van der Waals surface area contributed by atoms with Crippen LogP contribution in [-0.4, -0.2) is 18.0 Å². The van der Waals surface area contributed by atoms with E-state index in [1.165, 1.54) is 23.0 Å². The fraction of sp³-hybridized carbons (Fsp3) is 0.391. The van der Waals surface area contributed by atoms with Crippen molar-refractivity contribution in [3.05, 3.63) is 57.5 Å². The molecule has 1 aromatic heterocycles. The third kappa shape index (κ3) is 5.55. The Morgan fingerprint density at radius 3 is 2.32 bits per heavy atom. The summed E-state index contributed by atoms with van der Waals surface area (Å²) in [7, 11) is 0. The second-order valence-electron chi connectivity index (χ2n) is 7.29. The van der Waals surface area contributed by atoms with E-state index in [1.54, 1.807) is 6.08 Å². The molecule has 1 amide bonds. The molecule has 0 unspecified atom stereocenters. The highest BCUT2D eigenvalue weighted by atomic mass is 32.1. The monoisotopic (exact) mass is 399 g/mol. The van der Waals surface area contributed by atoms with Gasteiger partial charge in [-0.3, -0.25) is 4.79 Å². The van der Waals surface area contributed by atoms with Gasteiger partial charge >= 0.3 is 5.97 Å². The second kappa shape index (κ2) is 9.69. The van der Waals surface area contributed by atoms with Crippen molar-refractivity contribution in [1.29, 1.82) is 0 Å². The van der Waals surface area contributed by atoms with Crippen LogP contribution in [0.2, 0.25) is 0 Å². The molecule has 0 radical (unpaired) electrons. The van der Waals surface area contributed by atoms with Crippen molar-refractivity contribution < 1.29 is 14.3 Å². The third-order valence-corrected chi connectivity index (χ3v) is 5.44. The van der Waals surface area contributed by atoms with Gasteiger partial charge in [-0.05, 0) is 55.9 Å². The molecule has 1 aromatic carbocycles. The number of esters is 1. The van der Waals surface area contributed by atoms with Crippen molar-refractivity contribution in [2.45, 2.75) is 60.0 Å². The summed E-state index contributed by atoms with van der Waals surface area (Å²) < 4.78 is 5.37. The van der Waals surface area contributed by atoms with Gasteiger partial charge in [0.05, 0.1) is 11.7 Å². The number of carbonyl (C=O) groups is 2. The molecule has 28 heavy (non-hydrogen) atoms. The van der Waals surface area contributed by atoms with Gasteiger partial charge in [-0.2, -0.15) is 0 Å². The SMILES string of the molecule is CCc1c(C)sc(NC(=O)/C=C/c2ccc(C(C)C)cc2)c1C(=O)OC(C)C. The molecular formula is C23H29NO3S. The van der Waals surface area contributed by atoms with E-state index in [0.717, 1.165) is 16.0 Å². The van der Waals surface area contributed by atoms with Crippen molar-refractivity contribution in [2.24, 2.45) is 0 Å². The second-order valence-corrected chi connectivity index (χ2v) is 8.52. The Balaban J connectivity index is 2.18. The molecule has 0 atom stereocenters.